The molecule has 0 aromatic heterocycles. The predicted molar refractivity (Wildman–Crippen MR) is 56.7 cm³/mol. The van der Waals surface area contributed by atoms with E-state index in [9.17, 15) is 4.39 Å². The average Bonchev–Trinajstić information content (AvgIpc) is 2.18. The first-order chi connectivity index (χ1) is 6.69. The summed E-state index contributed by atoms with van der Waals surface area (Å²) in [6, 6.07) is 4.65. The normalized spacial score (nSPS) is 10.9. The van der Waals surface area contributed by atoms with Gasteiger partial charge in [-0.1, -0.05) is 17.7 Å². The first-order valence-corrected chi connectivity index (χ1v) is 4.89. The third kappa shape index (κ3) is 2.67. The molecule has 0 saturated carbocycles. The summed E-state index contributed by atoms with van der Waals surface area (Å²) >= 11 is 5.87. The minimum atomic E-state index is -0.288. The van der Waals surface area contributed by atoms with Crippen LogP contribution in [0.3, 0.4) is 0 Å². The van der Waals surface area contributed by atoms with Gasteiger partial charge in [-0.2, -0.15) is 0 Å². The summed E-state index contributed by atoms with van der Waals surface area (Å²) in [5.74, 6) is -0.200. The molecule has 0 heterocycles. The Morgan fingerprint density at radius 3 is 2.43 bits per heavy atom. The van der Waals surface area contributed by atoms with Crippen LogP contribution in [0.2, 0.25) is 5.02 Å². The maximum absolute atomic E-state index is 13.3. The summed E-state index contributed by atoms with van der Waals surface area (Å²) in [4.78, 5) is 0. The van der Waals surface area contributed by atoms with Gasteiger partial charge in [0.1, 0.15) is 5.82 Å². The van der Waals surface area contributed by atoms with Crippen molar-refractivity contribution in [3.05, 3.63) is 34.6 Å². The lowest BCUT2D eigenvalue weighted by Gasteiger charge is -2.13. The number of nitrogens with two attached hydrogens (primary N) is 2. The Kier molecular flexibility index (Phi) is 4.32. The molecule has 0 amide bonds. The fourth-order valence-corrected chi connectivity index (χ4v) is 1.52. The van der Waals surface area contributed by atoms with Gasteiger partial charge in [0.15, 0.2) is 0 Å². The van der Waals surface area contributed by atoms with Crippen LogP contribution in [0, 0.1) is 11.7 Å². The van der Waals surface area contributed by atoms with E-state index in [1.165, 1.54) is 6.07 Å². The summed E-state index contributed by atoms with van der Waals surface area (Å²) < 4.78 is 13.3. The van der Waals surface area contributed by atoms with Crippen molar-refractivity contribution in [1.82, 2.24) is 0 Å². The lowest BCUT2D eigenvalue weighted by Crippen LogP contribution is -2.25. The highest BCUT2D eigenvalue weighted by Gasteiger charge is 2.12. The number of halogens is 2. The van der Waals surface area contributed by atoms with E-state index in [0.29, 0.717) is 30.1 Å². The molecule has 1 rings (SSSR count). The minimum absolute atomic E-state index is 0.0874. The van der Waals surface area contributed by atoms with Gasteiger partial charge in [-0.05, 0) is 37.6 Å². The fourth-order valence-electron chi connectivity index (χ4n) is 1.28. The van der Waals surface area contributed by atoms with E-state index in [-0.39, 0.29) is 11.7 Å². The van der Waals surface area contributed by atoms with E-state index >= 15 is 0 Å². The van der Waals surface area contributed by atoms with E-state index in [2.05, 4.69) is 0 Å². The van der Waals surface area contributed by atoms with E-state index in [1.807, 2.05) is 0 Å². The van der Waals surface area contributed by atoms with Crippen molar-refractivity contribution < 1.29 is 4.39 Å². The molecule has 0 aliphatic heterocycles. The molecule has 0 unspecified atom stereocenters. The Hall–Kier alpha value is -0.640. The summed E-state index contributed by atoms with van der Waals surface area (Å²) in [6.07, 6.45) is 0.499. The van der Waals surface area contributed by atoms with Gasteiger partial charge in [-0.3, -0.25) is 0 Å². The maximum atomic E-state index is 13.3. The van der Waals surface area contributed by atoms with Crippen LogP contribution in [-0.2, 0) is 6.42 Å². The van der Waals surface area contributed by atoms with E-state index in [0.717, 1.165) is 0 Å². The first-order valence-electron chi connectivity index (χ1n) is 4.52. The Morgan fingerprint density at radius 1 is 1.29 bits per heavy atom. The van der Waals surface area contributed by atoms with Crippen LogP contribution in [0.5, 0.6) is 0 Å². The second kappa shape index (κ2) is 5.29. The van der Waals surface area contributed by atoms with Gasteiger partial charge in [0, 0.05) is 10.6 Å². The van der Waals surface area contributed by atoms with Gasteiger partial charge in [-0.25, -0.2) is 4.39 Å². The smallest absolute Gasteiger partial charge is 0.127 e. The molecule has 0 spiro atoms. The summed E-state index contributed by atoms with van der Waals surface area (Å²) in [5.41, 5.74) is 11.5. The lowest BCUT2D eigenvalue weighted by molar-refractivity contribution is 0.523. The minimum Gasteiger partial charge on any atom is -0.330 e. The molecule has 2 nitrogen and oxygen atoms in total. The molecule has 0 aliphatic rings. The number of hydrogen-bond donors (Lipinski definition) is 2. The average molecular weight is 217 g/mol. The zero-order valence-electron chi connectivity index (χ0n) is 7.84. The lowest BCUT2D eigenvalue weighted by atomic mass is 9.99. The molecule has 14 heavy (non-hydrogen) atoms. The monoisotopic (exact) mass is 216 g/mol. The van der Waals surface area contributed by atoms with E-state index in [1.54, 1.807) is 12.1 Å². The molecule has 0 fully saturated rings. The van der Waals surface area contributed by atoms with Gasteiger partial charge < -0.3 is 11.5 Å². The van der Waals surface area contributed by atoms with Crippen LogP contribution in [-0.4, -0.2) is 13.1 Å². The van der Waals surface area contributed by atoms with Crippen molar-refractivity contribution in [2.24, 2.45) is 17.4 Å². The standard InChI is InChI=1S/C10H14ClFN2/c11-9-2-1-3-10(12)8(9)4-7(5-13)6-14/h1-3,7H,4-6,13-14H2. The molecule has 0 aliphatic carbocycles. The van der Waals surface area contributed by atoms with Crippen LogP contribution in [0.25, 0.3) is 0 Å². The Balaban J connectivity index is 2.84. The molecule has 1 aromatic carbocycles. The highest BCUT2D eigenvalue weighted by Crippen LogP contribution is 2.21. The van der Waals surface area contributed by atoms with Crippen molar-refractivity contribution >= 4 is 11.6 Å². The van der Waals surface area contributed by atoms with Crippen molar-refractivity contribution in [2.75, 3.05) is 13.1 Å². The summed E-state index contributed by atoms with van der Waals surface area (Å²) in [7, 11) is 0. The van der Waals surface area contributed by atoms with Gasteiger partial charge in [0.2, 0.25) is 0 Å². The Bertz CT molecular complexity index is 280. The molecule has 0 saturated heterocycles. The largest absolute Gasteiger partial charge is 0.330 e. The highest BCUT2D eigenvalue weighted by atomic mass is 35.5. The van der Waals surface area contributed by atoms with Crippen LogP contribution in [0.15, 0.2) is 18.2 Å². The zero-order chi connectivity index (χ0) is 10.6. The second-order valence-corrected chi connectivity index (χ2v) is 3.65. The number of hydrogen-bond acceptors (Lipinski definition) is 2. The number of benzene rings is 1. The molecule has 0 atom stereocenters. The quantitative estimate of drug-likeness (QED) is 0.803. The number of rotatable bonds is 4. The molecular formula is C10H14ClFN2. The van der Waals surface area contributed by atoms with Crippen LogP contribution in [0.1, 0.15) is 5.56 Å². The SMILES string of the molecule is NCC(CN)Cc1c(F)cccc1Cl. The summed E-state index contributed by atoms with van der Waals surface area (Å²) in [6.45, 7) is 0.891. The molecule has 1 aromatic rings. The third-order valence-corrected chi connectivity index (χ3v) is 2.58. The molecule has 0 radical (unpaired) electrons. The first kappa shape index (κ1) is 11.4. The topological polar surface area (TPSA) is 52.0 Å². The van der Waals surface area contributed by atoms with Gasteiger partial charge >= 0.3 is 0 Å². The molecule has 78 valence electrons. The molecule has 4 N–H and O–H groups in total. The highest BCUT2D eigenvalue weighted by molar-refractivity contribution is 6.31. The second-order valence-electron chi connectivity index (χ2n) is 3.24. The van der Waals surface area contributed by atoms with Gasteiger partial charge in [0.25, 0.3) is 0 Å². The van der Waals surface area contributed by atoms with Crippen LogP contribution >= 0.6 is 11.6 Å². The Morgan fingerprint density at radius 2 is 1.93 bits per heavy atom. The maximum Gasteiger partial charge on any atom is 0.127 e. The van der Waals surface area contributed by atoms with E-state index < -0.39 is 0 Å². The summed E-state index contributed by atoms with van der Waals surface area (Å²) in [5, 5.41) is 0.442. The molecule has 0 bridgehead atoms. The van der Waals surface area contributed by atoms with Crippen LogP contribution in [0.4, 0.5) is 4.39 Å². The zero-order valence-corrected chi connectivity index (χ0v) is 8.60. The van der Waals surface area contributed by atoms with Gasteiger partial charge in [0.05, 0.1) is 0 Å². The molecule has 4 heteroatoms. The van der Waals surface area contributed by atoms with Crippen molar-refractivity contribution in [3.63, 3.8) is 0 Å². The van der Waals surface area contributed by atoms with Crippen molar-refractivity contribution in [2.45, 2.75) is 6.42 Å². The fraction of sp³-hybridized carbons (Fsp3) is 0.400. The van der Waals surface area contributed by atoms with E-state index in [4.69, 9.17) is 23.1 Å². The predicted octanol–water partition coefficient (Wildman–Crippen LogP) is 1.56. The molecular weight excluding hydrogens is 203 g/mol. The van der Waals surface area contributed by atoms with Gasteiger partial charge in [-0.15, -0.1) is 0 Å². The van der Waals surface area contributed by atoms with Crippen molar-refractivity contribution in [1.29, 1.82) is 0 Å². The Labute approximate surface area is 88.0 Å². The third-order valence-electron chi connectivity index (χ3n) is 2.22. The van der Waals surface area contributed by atoms with Crippen LogP contribution < -0.4 is 11.5 Å². The van der Waals surface area contributed by atoms with Crippen molar-refractivity contribution in [3.8, 4) is 0 Å².